The monoisotopic (exact) mass is 391 g/mol. The molecule has 3 rings (SSSR count). The van der Waals surface area contributed by atoms with E-state index in [9.17, 15) is 9.18 Å². The minimum Gasteiger partial charge on any atom is -0.478 e. The maximum absolute atomic E-state index is 14.5. The Morgan fingerprint density at radius 3 is 2.59 bits per heavy atom. The van der Waals surface area contributed by atoms with Crippen molar-refractivity contribution < 1.29 is 19.0 Å². The molecule has 0 amide bonds. The van der Waals surface area contributed by atoms with Crippen LogP contribution in [0.15, 0.2) is 41.5 Å². The number of morpholine rings is 1. The van der Waals surface area contributed by atoms with Crippen LogP contribution in [0.1, 0.15) is 22.8 Å². The fourth-order valence-corrected chi connectivity index (χ4v) is 2.91. The molecule has 142 valence electrons. The molecule has 1 saturated heterocycles. The third-order valence-electron chi connectivity index (χ3n) is 4.27. The fraction of sp³-hybridized carbons (Fsp3) is 0.263. The van der Waals surface area contributed by atoms with E-state index < -0.39 is 5.97 Å². The first kappa shape index (κ1) is 19.1. The molecule has 1 heterocycles. The van der Waals surface area contributed by atoms with Crippen LogP contribution in [0, 0.1) is 5.82 Å². The van der Waals surface area contributed by atoms with Crippen LogP contribution in [0.5, 0.6) is 0 Å². The topological polar surface area (TPSA) is 74.2 Å². The molecule has 0 radical (unpaired) electrons. The van der Waals surface area contributed by atoms with Gasteiger partial charge in [-0.25, -0.2) is 9.18 Å². The van der Waals surface area contributed by atoms with E-state index in [1.807, 2.05) is 4.90 Å². The van der Waals surface area contributed by atoms with Crippen LogP contribution >= 0.6 is 11.6 Å². The Hall–Kier alpha value is -2.64. The highest BCUT2D eigenvalue weighted by atomic mass is 35.5. The maximum atomic E-state index is 14.5. The average Bonchev–Trinajstić information content (AvgIpc) is 2.67. The van der Waals surface area contributed by atoms with E-state index in [0.717, 1.165) is 0 Å². The molecule has 2 aromatic rings. The molecular weight excluding hydrogens is 373 g/mol. The number of ether oxygens (including phenoxy) is 1. The van der Waals surface area contributed by atoms with Gasteiger partial charge in [0.2, 0.25) is 0 Å². The van der Waals surface area contributed by atoms with Crippen LogP contribution in [0.3, 0.4) is 0 Å². The standard InChI is InChI=1S/C19H19ClFN3O3/c1-12(22-23-17-11-14(19(25)26)2-4-15(17)20)13-3-5-18(16(21)10-13)24-6-8-27-9-7-24/h2-5,10-11,23H,6-9H2,1H3,(H,25,26)/b22-12-. The number of aromatic carboxylic acids is 1. The van der Waals surface area contributed by atoms with Gasteiger partial charge in [0.15, 0.2) is 0 Å². The number of carboxylic acid groups (broad SMARTS) is 1. The molecule has 2 N–H and O–H groups in total. The van der Waals surface area contributed by atoms with Gasteiger partial charge in [0.05, 0.1) is 40.9 Å². The number of rotatable bonds is 5. The second-order valence-electron chi connectivity index (χ2n) is 6.07. The summed E-state index contributed by atoms with van der Waals surface area (Å²) < 4.78 is 19.8. The molecule has 8 heteroatoms. The van der Waals surface area contributed by atoms with Crippen molar-refractivity contribution in [1.29, 1.82) is 0 Å². The Bertz CT molecular complexity index is 882. The lowest BCUT2D eigenvalue weighted by molar-refractivity contribution is 0.0697. The van der Waals surface area contributed by atoms with E-state index in [1.54, 1.807) is 19.1 Å². The molecule has 0 aliphatic carbocycles. The molecule has 6 nitrogen and oxygen atoms in total. The number of anilines is 2. The van der Waals surface area contributed by atoms with E-state index in [2.05, 4.69) is 10.5 Å². The summed E-state index contributed by atoms with van der Waals surface area (Å²) in [5.74, 6) is -1.38. The van der Waals surface area contributed by atoms with Crippen molar-refractivity contribution in [3.8, 4) is 0 Å². The molecule has 0 bridgehead atoms. The Labute approximate surface area is 161 Å². The van der Waals surface area contributed by atoms with Gasteiger partial charge in [-0.15, -0.1) is 0 Å². The molecule has 0 aromatic heterocycles. The second kappa shape index (κ2) is 8.37. The number of hydrogen-bond donors (Lipinski definition) is 2. The third-order valence-corrected chi connectivity index (χ3v) is 4.60. The lowest BCUT2D eigenvalue weighted by Crippen LogP contribution is -2.36. The summed E-state index contributed by atoms with van der Waals surface area (Å²) in [5.41, 5.74) is 4.90. The Kier molecular flexibility index (Phi) is 5.93. The van der Waals surface area contributed by atoms with Crippen molar-refractivity contribution in [1.82, 2.24) is 0 Å². The summed E-state index contributed by atoms with van der Waals surface area (Å²) in [7, 11) is 0. The normalized spacial score (nSPS) is 14.9. The highest BCUT2D eigenvalue weighted by Gasteiger charge is 2.16. The summed E-state index contributed by atoms with van der Waals surface area (Å²) in [4.78, 5) is 13.0. The molecule has 0 atom stereocenters. The zero-order valence-electron chi connectivity index (χ0n) is 14.7. The summed E-state index contributed by atoms with van der Waals surface area (Å²) in [6.45, 7) is 4.21. The number of hydrazone groups is 1. The minimum absolute atomic E-state index is 0.0932. The van der Waals surface area contributed by atoms with Crippen molar-refractivity contribution in [3.05, 3.63) is 58.4 Å². The zero-order chi connectivity index (χ0) is 19.4. The van der Waals surface area contributed by atoms with Gasteiger partial charge in [0.25, 0.3) is 0 Å². The number of benzene rings is 2. The molecular formula is C19H19ClFN3O3. The van der Waals surface area contributed by atoms with Gasteiger partial charge in [-0.05, 0) is 37.3 Å². The van der Waals surface area contributed by atoms with Crippen LogP contribution in [0.2, 0.25) is 5.02 Å². The molecule has 1 aliphatic rings. The van der Waals surface area contributed by atoms with Gasteiger partial charge in [-0.2, -0.15) is 5.10 Å². The van der Waals surface area contributed by atoms with Crippen molar-refractivity contribution >= 4 is 34.7 Å². The van der Waals surface area contributed by atoms with E-state index in [0.29, 0.717) is 54.0 Å². The summed E-state index contributed by atoms with van der Waals surface area (Å²) in [5, 5.41) is 13.6. The van der Waals surface area contributed by atoms with Crippen molar-refractivity contribution in [3.63, 3.8) is 0 Å². The predicted molar refractivity (Wildman–Crippen MR) is 104 cm³/mol. The second-order valence-corrected chi connectivity index (χ2v) is 6.48. The first-order valence-corrected chi connectivity index (χ1v) is 8.79. The SMILES string of the molecule is C/C(=N/Nc1cc(C(=O)O)ccc1Cl)c1ccc(N2CCOCC2)c(F)c1. The maximum Gasteiger partial charge on any atom is 0.335 e. The van der Waals surface area contributed by atoms with Gasteiger partial charge < -0.3 is 14.7 Å². The molecule has 1 aliphatic heterocycles. The number of halogens is 2. The van der Waals surface area contributed by atoms with Crippen LogP contribution in [0.4, 0.5) is 15.8 Å². The number of hydrogen-bond acceptors (Lipinski definition) is 5. The number of nitrogens with one attached hydrogen (secondary N) is 1. The first-order chi connectivity index (χ1) is 13.0. The Morgan fingerprint density at radius 1 is 1.22 bits per heavy atom. The Balaban J connectivity index is 1.77. The predicted octanol–water partition coefficient (Wildman–Crippen LogP) is 3.85. The third kappa shape index (κ3) is 4.56. The molecule has 2 aromatic carbocycles. The van der Waals surface area contributed by atoms with Gasteiger partial charge in [0.1, 0.15) is 5.82 Å². The van der Waals surface area contributed by atoms with Crippen molar-refractivity contribution in [2.75, 3.05) is 36.6 Å². The average molecular weight is 392 g/mol. The van der Waals surface area contributed by atoms with Crippen LogP contribution in [0.25, 0.3) is 0 Å². The van der Waals surface area contributed by atoms with E-state index in [4.69, 9.17) is 21.4 Å². The number of nitrogens with zero attached hydrogens (tertiary/aromatic N) is 2. The number of carboxylic acids is 1. The van der Waals surface area contributed by atoms with Crippen molar-refractivity contribution in [2.24, 2.45) is 5.10 Å². The largest absolute Gasteiger partial charge is 0.478 e. The lowest BCUT2D eigenvalue weighted by atomic mass is 10.1. The summed E-state index contributed by atoms with van der Waals surface area (Å²) >= 11 is 6.06. The van der Waals surface area contributed by atoms with Gasteiger partial charge >= 0.3 is 5.97 Å². The quantitative estimate of drug-likeness (QED) is 0.598. The van der Waals surface area contributed by atoms with Gasteiger partial charge in [-0.1, -0.05) is 17.7 Å². The highest BCUT2D eigenvalue weighted by molar-refractivity contribution is 6.33. The highest BCUT2D eigenvalue weighted by Crippen LogP contribution is 2.24. The van der Waals surface area contributed by atoms with E-state index in [1.165, 1.54) is 24.3 Å². The fourth-order valence-electron chi connectivity index (χ4n) is 2.75. The van der Waals surface area contributed by atoms with Gasteiger partial charge in [0, 0.05) is 18.7 Å². The lowest BCUT2D eigenvalue weighted by Gasteiger charge is -2.29. The molecule has 27 heavy (non-hydrogen) atoms. The molecule has 0 saturated carbocycles. The first-order valence-electron chi connectivity index (χ1n) is 8.41. The van der Waals surface area contributed by atoms with Crippen LogP contribution in [-0.4, -0.2) is 43.1 Å². The smallest absolute Gasteiger partial charge is 0.335 e. The van der Waals surface area contributed by atoms with Crippen LogP contribution in [-0.2, 0) is 4.74 Å². The minimum atomic E-state index is -1.06. The molecule has 1 fully saturated rings. The van der Waals surface area contributed by atoms with Gasteiger partial charge in [-0.3, -0.25) is 5.43 Å². The summed E-state index contributed by atoms with van der Waals surface area (Å²) in [6, 6.07) is 9.24. The van der Waals surface area contributed by atoms with Crippen LogP contribution < -0.4 is 10.3 Å². The molecule has 0 spiro atoms. The zero-order valence-corrected chi connectivity index (χ0v) is 15.5. The summed E-state index contributed by atoms with van der Waals surface area (Å²) in [6.07, 6.45) is 0. The van der Waals surface area contributed by atoms with Crippen molar-refractivity contribution in [2.45, 2.75) is 6.92 Å². The van der Waals surface area contributed by atoms with E-state index >= 15 is 0 Å². The molecule has 0 unspecified atom stereocenters. The number of carbonyl (C=O) groups is 1. The Morgan fingerprint density at radius 2 is 1.93 bits per heavy atom. The van der Waals surface area contributed by atoms with E-state index in [-0.39, 0.29) is 11.4 Å².